The van der Waals surface area contributed by atoms with Crippen LogP contribution in [0.1, 0.15) is 25.8 Å². The van der Waals surface area contributed by atoms with Crippen LogP contribution in [0.4, 0.5) is 0 Å². The van der Waals surface area contributed by atoms with Gasteiger partial charge in [-0.3, -0.25) is 14.6 Å². The van der Waals surface area contributed by atoms with Gasteiger partial charge in [0.15, 0.2) is 0 Å². The Morgan fingerprint density at radius 3 is 2.83 bits per heavy atom. The third-order valence-corrected chi connectivity index (χ3v) is 4.94. The molecular formula is C17H18ClN5O. The number of rotatable bonds is 2. The van der Waals surface area contributed by atoms with Crippen LogP contribution in [0.2, 0.25) is 5.02 Å². The molecular weight excluding hydrogens is 326 g/mol. The number of likely N-dealkylation sites (tertiary alicyclic amines) is 1. The van der Waals surface area contributed by atoms with E-state index in [4.69, 9.17) is 11.6 Å². The lowest BCUT2D eigenvalue weighted by Gasteiger charge is -2.31. The highest BCUT2D eigenvalue weighted by Gasteiger charge is 2.22. The standard InChI is InChI=1S/C17H18ClN5O/c1-11(24)22-4-2-14(3-5-22)23-10-12(8-20-23)15-6-13(18)7-17-16(15)9-19-21-17/h6-10,14H,2-5H2,1H3,(H,19,21). The van der Waals surface area contributed by atoms with Crippen LogP contribution in [-0.2, 0) is 4.79 Å². The van der Waals surface area contributed by atoms with Crippen molar-refractivity contribution in [2.45, 2.75) is 25.8 Å². The Labute approximate surface area is 144 Å². The summed E-state index contributed by atoms with van der Waals surface area (Å²) in [7, 11) is 0. The molecule has 0 radical (unpaired) electrons. The normalized spacial score (nSPS) is 16.0. The topological polar surface area (TPSA) is 66.8 Å². The fourth-order valence-electron chi connectivity index (χ4n) is 3.38. The molecule has 1 fully saturated rings. The first-order chi connectivity index (χ1) is 11.6. The lowest BCUT2D eigenvalue weighted by atomic mass is 10.0. The smallest absolute Gasteiger partial charge is 0.219 e. The van der Waals surface area contributed by atoms with Crippen LogP contribution in [0, 0.1) is 0 Å². The number of halogens is 1. The van der Waals surface area contributed by atoms with Crippen LogP contribution < -0.4 is 0 Å². The predicted octanol–water partition coefficient (Wildman–Crippen LogP) is 3.26. The van der Waals surface area contributed by atoms with Gasteiger partial charge < -0.3 is 4.90 Å². The Kier molecular flexibility index (Phi) is 3.76. The first-order valence-electron chi connectivity index (χ1n) is 8.04. The van der Waals surface area contributed by atoms with Crippen molar-refractivity contribution in [2.24, 2.45) is 0 Å². The summed E-state index contributed by atoms with van der Waals surface area (Å²) in [4.78, 5) is 13.3. The third-order valence-electron chi connectivity index (χ3n) is 4.72. The number of hydrogen-bond acceptors (Lipinski definition) is 3. The van der Waals surface area contributed by atoms with Crippen molar-refractivity contribution in [3.63, 3.8) is 0 Å². The summed E-state index contributed by atoms with van der Waals surface area (Å²) in [6, 6.07) is 4.14. The van der Waals surface area contributed by atoms with Crippen LogP contribution in [0.3, 0.4) is 0 Å². The molecule has 0 bridgehead atoms. The number of aromatic amines is 1. The number of carbonyl (C=O) groups excluding carboxylic acids is 1. The molecule has 0 aliphatic carbocycles. The highest BCUT2D eigenvalue weighted by Crippen LogP contribution is 2.32. The van der Waals surface area contributed by atoms with E-state index < -0.39 is 0 Å². The SMILES string of the molecule is CC(=O)N1CCC(n2cc(-c3cc(Cl)cc4[nH]ncc34)cn2)CC1. The van der Waals surface area contributed by atoms with Crippen molar-refractivity contribution >= 4 is 28.4 Å². The Balaban J connectivity index is 1.61. The van der Waals surface area contributed by atoms with Crippen molar-refractivity contribution < 1.29 is 4.79 Å². The Bertz CT molecular complexity index is 891. The highest BCUT2D eigenvalue weighted by molar-refractivity contribution is 6.31. The Morgan fingerprint density at radius 1 is 1.29 bits per heavy atom. The maximum absolute atomic E-state index is 11.4. The molecule has 1 saturated heterocycles. The molecule has 0 unspecified atom stereocenters. The van der Waals surface area contributed by atoms with E-state index >= 15 is 0 Å². The quantitative estimate of drug-likeness (QED) is 0.776. The monoisotopic (exact) mass is 343 g/mol. The van der Waals surface area contributed by atoms with Gasteiger partial charge in [0.1, 0.15) is 0 Å². The van der Waals surface area contributed by atoms with E-state index in [-0.39, 0.29) is 5.91 Å². The average molecular weight is 344 g/mol. The number of nitrogens with zero attached hydrogens (tertiary/aromatic N) is 4. The molecule has 6 nitrogen and oxygen atoms in total. The average Bonchev–Trinajstić information content (AvgIpc) is 3.23. The first-order valence-corrected chi connectivity index (χ1v) is 8.42. The fourth-order valence-corrected chi connectivity index (χ4v) is 3.60. The van der Waals surface area contributed by atoms with E-state index in [0.29, 0.717) is 11.1 Å². The summed E-state index contributed by atoms with van der Waals surface area (Å²) in [5.74, 6) is 0.149. The number of benzene rings is 1. The van der Waals surface area contributed by atoms with E-state index in [9.17, 15) is 4.79 Å². The molecule has 2 aromatic heterocycles. The van der Waals surface area contributed by atoms with Gasteiger partial charge in [-0.2, -0.15) is 10.2 Å². The molecule has 0 atom stereocenters. The van der Waals surface area contributed by atoms with Crippen molar-refractivity contribution in [3.05, 3.63) is 35.7 Å². The van der Waals surface area contributed by atoms with E-state index in [0.717, 1.165) is 48.0 Å². The molecule has 1 aliphatic heterocycles. The number of carbonyl (C=O) groups is 1. The van der Waals surface area contributed by atoms with Crippen LogP contribution in [0.25, 0.3) is 22.0 Å². The zero-order valence-corrected chi connectivity index (χ0v) is 14.1. The molecule has 24 heavy (non-hydrogen) atoms. The molecule has 7 heteroatoms. The minimum atomic E-state index is 0.149. The predicted molar refractivity (Wildman–Crippen MR) is 92.8 cm³/mol. The summed E-state index contributed by atoms with van der Waals surface area (Å²) in [6.07, 6.45) is 7.60. The van der Waals surface area contributed by atoms with Gasteiger partial charge in [-0.05, 0) is 30.5 Å². The number of amides is 1. The number of nitrogens with one attached hydrogen (secondary N) is 1. The van der Waals surface area contributed by atoms with Gasteiger partial charge in [-0.1, -0.05) is 11.6 Å². The van der Waals surface area contributed by atoms with Gasteiger partial charge in [0.2, 0.25) is 5.91 Å². The number of H-pyrrole nitrogens is 1. The molecule has 0 spiro atoms. The van der Waals surface area contributed by atoms with Crippen LogP contribution in [-0.4, -0.2) is 43.9 Å². The molecule has 0 saturated carbocycles. The van der Waals surface area contributed by atoms with Gasteiger partial charge >= 0.3 is 0 Å². The number of piperidine rings is 1. The van der Waals surface area contributed by atoms with Crippen LogP contribution >= 0.6 is 11.6 Å². The molecule has 1 amide bonds. The lowest BCUT2D eigenvalue weighted by Crippen LogP contribution is -2.37. The highest BCUT2D eigenvalue weighted by atomic mass is 35.5. The lowest BCUT2D eigenvalue weighted by molar-refractivity contribution is -0.130. The minimum absolute atomic E-state index is 0.149. The zero-order valence-electron chi connectivity index (χ0n) is 13.4. The van der Waals surface area contributed by atoms with E-state index in [1.807, 2.05) is 34.1 Å². The van der Waals surface area contributed by atoms with Crippen molar-refractivity contribution in [1.29, 1.82) is 0 Å². The van der Waals surface area contributed by atoms with Gasteiger partial charge in [-0.25, -0.2) is 0 Å². The third kappa shape index (κ3) is 2.67. The second kappa shape index (κ2) is 5.94. The molecule has 1 N–H and O–H groups in total. The fraction of sp³-hybridized carbons (Fsp3) is 0.353. The van der Waals surface area contributed by atoms with E-state index in [2.05, 4.69) is 21.5 Å². The second-order valence-electron chi connectivity index (χ2n) is 6.23. The molecule has 124 valence electrons. The van der Waals surface area contributed by atoms with Crippen molar-refractivity contribution in [2.75, 3.05) is 13.1 Å². The zero-order chi connectivity index (χ0) is 16.7. The first kappa shape index (κ1) is 15.2. The maximum Gasteiger partial charge on any atom is 0.219 e. The number of fused-ring (bicyclic) bond motifs is 1. The van der Waals surface area contributed by atoms with Gasteiger partial charge in [-0.15, -0.1) is 0 Å². The maximum atomic E-state index is 11.4. The summed E-state index contributed by atoms with van der Waals surface area (Å²) >= 11 is 6.22. The van der Waals surface area contributed by atoms with Gasteiger partial charge in [0.05, 0.1) is 24.0 Å². The Morgan fingerprint density at radius 2 is 2.08 bits per heavy atom. The largest absolute Gasteiger partial charge is 0.343 e. The van der Waals surface area contributed by atoms with E-state index in [1.54, 1.807) is 6.92 Å². The summed E-state index contributed by atoms with van der Waals surface area (Å²) in [6.45, 7) is 3.21. The van der Waals surface area contributed by atoms with Crippen molar-refractivity contribution in [1.82, 2.24) is 24.9 Å². The molecule has 3 aromatic rings. The summed E-state index contributed by atoms with van der Waals surface area (Å²) in [5.41, 5.74) is 2.97. The van der Waals surface area contributed by atoms with Gasteiger partial charge in [0, 0.05) is 42.2 Å². The minimum Gasteiger partial charge on any atom is -0.343 e. The Hall–Kier alpha value is -2.34. The van der Waals surface area contributed by atoms with Crippen molar-refractivity contribution in [3.8, 4) is 11.1 Å². The molecule has 1 aromatic carbocycles. The second-order valence-corrected chi connectivity index (χ2v) is 6.67. The molecule has 1 aliphatic rings. The number of hydrogen-bond donors (Lipinski definition) is 1. The van der Waals surface area contributed by atoms with E-state index in [1.165, 1.54) is 0 Å². The summed E-state index contributed by atoms with van der Waals surface area (Å²) < 4.78 is 2.01. The molecule has 3 heterocycles. The number of aromatic nitrogens is 4. The molecule has 4 rings (SSSR count). The van der Waals surface area contributed by atoms with Crippen LogP contribution in [0.15, 0.2) is 30.7 Å². The summed E-state index contributed by atoms with van der Waals surface area (Å²) in [5, 5.41) is 13.3. The van der Waals surface area contributed by atoms with Crippen LogP contribution in [0.5, 0.6) is 0 Å². The van der Waals surface area contributed by atoms with Gasteiger partial charge in [0.25, 0.3) is 0 Å².